The minimum Gasteiger partial charge on any atom is -0.306 e. The van der Waals surface area contributed by atoms with Gasteiger partial charge in [0.15, 0.2) is 0 Å². The minimum absolute atomic E-state index is 0.342. The van der Waals surface area contributed by atoms with E-state index >= 15 is 0 Å². The number of aryl methyl sites for hydroxylation is 1. The summed E-state index contributed by atoms with van der Waals surface area (Å²) in [5, 5.41) is 0. The van der Waals surface area contributed by atoms with Gasteiger partial charge in [-0.3, -0.25) is 0 Å². The number of aromatic nitrogens is 2. The summed E-state index contributed by atoms with van der Waals surface area (Å²) in [7, 11) is 0. The predicted octanol–water partition coefficient (Wildman–Crippen LogP) is 10.5. The number of hydrogen-bond acceptors (Lipinski definition) is 1. The van der Waals surface area contributed by atoms with E-state index in [1.54, 1.807) is 0 Å². The molecule has 1 atom stereocenters. The lowest BCUT2D eigenvalue weighted by molar-refractivity contribution is 0.556. The molecule has 0 aliphatic carbocycles. The zero-order valence-electron chi connectivity index (χ0n) is 24.3. The lowest BCUT2D eigenvalue weighted by atomic mass is 9.83. The smallest absolute Gasteiger partial charge is 0.0991 e. The van der Waals surface area contributed by atoms with Gasteiger partial charge in [-0.25, -0.2) is 4.98 Å². The maximum Gasteiger partial charge on any atom is 0.0991 e. The van der Waals surface area contributed by atoms with Crippen molar-refractivity contribution in [1.82, 2.24) is 9.55 Å². The van der Waals surface area contributed by atoms with Crippen LogP contribution in [0.1, 0.15) is 118 Å². The molecule has 0 spiro atoms. The van der Waals surface area contributed by atoms with Crippen molar-refractivity contribution in [3.63, 3.8) is 0 Å². The van der Waals surface area contributed by atoms with E-state index in [0.717, 1.165) is 12.8 Å². The van der Waals surface area contributed by atoms with Gasteiger partial charge in [0.05, 0.1) is 12.0 Å². The van der Waals surface area contributed by atoms with Gasteiger partial charge in [-0.1, -0.05) is 138 Å². The molecule has 0 unspecified atom stereocenters. The van der Waals surface area contributed by atoms with E-state index < -0.39 is 0 Å². The monoisotopic (exact) mass is 520 g/mol. The Labute approximate surface area is 237 Å². The third-order valence-corrected chi connectivity index (χ3v) is 8.23. The second-order valence-electron chi connectivity index (χ2n) is 11.1. The number of nitrogens with zero attached hydrogens (tertiary/aromatic N) is 2. The van der Waals surface area contributed by atoms with Crippen LogP contribution in [0.25, 0.3) is 5.69 Å². The van der Waals surface area contributed by atoms with E-state index in [0.29, 0.717) is 5.92 Å². The molecule has 2 heteroatoms. The van der Waals surface area contributed by atoms with Crippen molar-refractivity contribution in [2.75, 3.05) is 0 Å². The first-order valence-electron chi connectivity index (χ1n) is 15.5. The summed E-state index contributed by atoms with van der Waals surface area (Å²) in [6, 6.07) is 27.0. The van der Waals surface area contributed by atoms with Crippen LogP contribution in [-0.2, 0) is 12.8 Å². The van der Waals surface area contributed by atoms with Crippen LogP contribution < -0.4 is 0 Å². The molecule has 0 aliphatic rings. The van der Waals surface area contributed by atoms with Crippen LogP contribution in [0.15, 0.2) is 91.5 Å². The lowest BCUT2D eigenvalue weighted by Crippen LogP contribution is -2.08. The van der Waals surface area contributed by atoms with Crippen molar-refractivity contribution >= 4 is 0 Å². The standard InChI is InChI=1S/C37H48N2/c1-3-5-6-7-8-9-10-11-12-13-20-31-21-14-15-22-32(31)29-33-23-16-17-24-35(33)34(4-2)36-25-18-19-26-37(36)39-28-27-38-30-39/h14-19,21-28,30,34H,3-13,20,29H2,1-2H3/t34-/m0/s1. The van der Waals surface area contributed by atoms with Gasteiger partial charge < -0.3 is 4.57 Å². The molecule has 4 aromatic rings. The first-order chi connectivity index (χ1) is 19.3. The first kappa shape index (κ1) is 28.9. The van der Waals surface area contributed by atoms with Gasteiger partial charge in [0.1, 0.15) is 0 Å². The highest BCUT2D eigenvalue weighted by Crippen LogP contribution is 2.35. The Hall–Kier alpha value is -3.13. The summed E-state index contributed by atoms with van der Waals surface area (Å²) >= 11 is 0. The summed E-state index contributed by atoms with van der Waals surface area (Å²) in [5.74, 6) is 0.342. The molecule has 206 valence electrons. The molecule has 2 nitrogen and oxygen atoms in total. The van der Waals surface area contributed by atoms with Crippen LogP contribution in [0.2, 0.25) is 0 Å². The molecular weight excluding hydrogens is 472 g/mol. The summed E-state index contributed by atoms with van der Waals surface area (Å²) in [4.78, 5) is 4.30. The molecular formula is C37H48N2. The van der Waals surface area contributed by atoms with Gasteiger partial charge >= 0.3 is 0 Å². The van der Waals surface area contributed by atoms with Gasteiger partial charge in [-0.15, -0.1) is 0 Å². The fourth-order valence-electron chi connectivity index (χ4n) is 6.04. The van der Waals surface area contributed by atoms with Crippen LogP contribution in [-0.4, -0.2) is 9.55 Å². The highest BCUT2D eigenvalue weighted by atomic mass is 15.0. The SMILES string of the molecule is CCCCCCCCCCCCc1ccccc1Cc1ccccc1[C@H](CC)c1ccccc1-n1ccnc1. The molecule has 0 fully saturated rings. The van der Waals surface area contributed by atoms with Crippen LogP contribution in [0.5, 0.6) is 0 Å². The van der Waals surface area contributed by atoms with Crippen LogP contribution in [0, 0.1) is 0 Å². The van der Waals surface area contributed by atoms with Gasteiger partial charge in [0.25, 0.3) is 0 Å². The average molecular weight is 521 g/mol. The molecule has 1 heterocycles. The minimum atomic E-state index is 0.342. The predicted molar refractivity (Wildman–Crippen MR) is 167 cm³/mol. The fourth-order valence-corrected chi connectivity index (χ4v) is 6.04. The van der Waals surface area contributed by atoms with Crippen molar-refractivity contribution in [3.05, 3.63) is 119 Å². The van der Waals surface area contributed by atoms with Crippen LogP contribution in [0.4, 0.5) is 0 Å². The third kappa shape index (κ3) is 8.43. The topological polar surface area (TPSA) is 17.8 Å². The van der Waals surface area contributed by atoms with Crippen molar-refractivity contribution in [2.45, 2.75) is 103 Å². The molecule has 0 aliphatic heterocycles. The summed E-state index contributed by atoms with van der Waals surface area (Å²) in [5.41, 5.74) is 8.49. The van der Waals surface area contributed by atoms with E-state index in [9.17, 15) is 0 Å². The van der Waals surface area contributed by atoms with Gasteiger partial charge in [-0.05, 0) is 59.6 Å². The maximum atomic E-state index is 4.30. The maximum absolute atomic E-state index is 4.30. The lowest BCUT2D eigenvalue weighted by Gasteiger charge is -2.23. The van der Waals surface area contributed by atoms with E-state index in [-0.39, 0.29) is 0 Å². The Morgan fingerprint density at radius 3 is 1.87 bits per heavy atom. The third-order valence-electron chi connectivity index (χ3n) is 8.23. The highest BCUT2D eigenvalue weighted by Gasteiger charge is 2.20. The van der Waals surface area contributed by atoms with E-state index in [4.69, 9.17) is 0 Å². The normalized spacial score (nSPS) is 12.1. The molecule has 1 aromatic heterocycles. The molecule has 4 rings (SSSR count). The second-order valence-corrected chi connectivity index (χ2v) is 11.1. The molecule has 0 saturated carbocycles. The number of imidazole rings is 1. The number of hydrogen-bond donors (Lipinski definition) is 0. The molecule has 0 bridgehead atoms. The largest absolute Gasteiger partial charge is 0.306 e. The number of para-hydroxylation sites is 1. The summed E-state index contributed by atoms with van der Waals surface area (Å²) in [6.45, 7) is 4.60. The highest BCUT2D eigenvalue weighted by molar-refractivity contribution is 5.49. The Kier molecular flexibility index (Phi) is 11.9. The molecule has 0 amide bonds. The second kappa shape index (κ2) is 16.1. The molecule has 39 heavy (non-hydrogen) atoms. The summed E-state index contributed by atoms with van der Waals surface area (Å²) in [6.07, 6.45) is 22.9. The van der Waals surface area contributed by atoms with Gasteiger partial charge in [0.2, 0.25) is 0 Å². The molecule has 0 saturated heterocycles. The van der Waals surface area contributed by atoms with Crippen molar-refractivity contribution in [3.8, 4) is 5.69 Å². The van der Waals surface area contributed by atoms with Crippen LogP contribution >= 0.6 is 0 Å². The summed E-state index contributed by atoms with van der Waals surface area (Å²) < 4.78 is 2.14. The molecule has 3 aromatic carbocycles. The average Bonchev–Trinajstić information content (AvgIpc) is 3.51. The number of unbranched alkanes of at least 4 members (excludes halogenated alkanes) is 9. The first-order valence-corrected chi connectivity index (χ1v) is 15.5. The zero-order valence-corrected chi connectivity index (χ0v) is 24.3. The Bertz CT molecular complexity index is 1220. The van der Waals surface area contributed by atoms with Gasteiger partial charge in [0, 0.05) is 18.3 Å². The Balaban J connectivity index is 1.41. The molecule has 0 N–H and O–H groups in total. The quantitative estimate of drug-likeness (QED) is 0.127. The van der Waals surface area contributed by atoms with E-state index in [2.05, 4.69) is 96.2 Å². The zero-order chi connectivity index (χ0) is 27.1. The van der Waals surface area contributed by atoms with E-state index in [1.165, 1.54) is 104 Å². The number of benzene rings is 3. The molecule has 0 radical (unpaired) electrons. The fraction of sp³-hybridized carbons (Fsp3) is 0.432. The Morgan fingerprint density at radius 2 is 1.21 bits per heavy atom. The van der Waals surface area contributed by atoms with Crippen molar-refractivity contribution in [2.24, 2.45) is 0 Å². The van der Waals surface area contributed by atoms with Crippen molar-refractivity contribution < 1.29 is 0 Å². The Morgan fingerprint density at radius 1 is 0.615 bits per heavy atom. The van der Waals surface area contributed by atoms with Crippen molar-refractivity contribution in [1.29, 1.82) is 0 Å². The van der Waals surface area contributed by atoms with Crippen LogP contribution in [0.3, 0.4) is 0 Å². The van der Waals surface area contributed by atoms with E-state index in [1.807, 2.05) is 18.7 Å². The number of rotatable bonds is 17. The van der Waals surface area contributed by atoms with Gasteiger partial charge in [-0.2, -0.15) is 0 Å².